The maximum absolute atomic E-state index is 4.43. The first-order valence-electron chi connectivity index (χ1n) is 8.54. The summed E-state index contributed by atoms with van der Waals surface area (Å²) < 4.78 is 2.55. The summed E-state index contributed by atoms with van der Waals surface area (Å²) in [6, 6.07) is 13.2. The standard InChI is InChI=1S/C20H23N3/c1-15-7-8-16(13-21-15)9-12-23-19-6-4-3-5-17(19)18-14-22(2)11-10-20(18)23/h3-8,13H,9-12,14H2,1-2H3/p+1. The average molecular weight is 306 g/mol. The van der Waals surface area contributed by atoms with Gasteiger partial charge in [-0.1, -0.05) is 24.3 Å². The minimum Gasteiger partial charge on any atom is -0.344 e. The van der Waals surface area contributed by atoms with Crippen LogP contribution in [-0.2, 0) is 25.9 Å². The minimum absolute atomic E-state index is 1.04. The molecule has 0 spiro atoms. The molecule has 0 amide bonds. The number of nitrogens with zero attached hydrogens (tertiary/aromatic N) is 2. The Kier molecular flexibility index (Phi) is 3.66. The lowest BCUT2D eigenvalue weighted by atomic mass is 10.1. The lowest BCUT2D eigenvalue weighted by Gasteiger charge is -2.21. The van der Waals surface area contributed by atoms with E-state index in [1.165, 1.54) is 29.4 Å². The monoisotopic (exact) mass is 306 g/mol. The fourth-order valence-electron chi connectivity index (χ4n) is 3.78. The van der Waals surface area contributed by atoms with E-state index in [1.807, 2.05) is 13.1 Å². The SMILES string of the molecule is Cc1ccc(CCn2c3c(c4ccccc42)C[NH+](C)CC3)cn1. The third-order valence-electron chi connectivity index (χ3n) is 5.06. The van der Waals surface area contributed by atoms with Crippen LogP contribution in [-0.4, -0.2) is 23.1 Å². The predicted molar refractivity (Wildman–Crippen MR) is 93.8 cm³/mol. The van der Waals surface area contributed by atoms with E-state index in [0.29, 0.717) is 0 Å². The highest BCUT2D eigenvalue weighted by molar-refractivity contribution is 5.85. The van der Waals surface area contributed by atoms with Gasteiger partial charge in [-0.15, -0.1) is 0 Å². The largest absolute Gasteiger partial charge is 0.344 e. The summed E-state index contributed by atoms with van der Waals surface area (Å²) in [5.41, 5.74) is 6.92. The highest BCUT2D eigenvalue weighted by atomic mass is 15.1. The number of aryl methyl sites for hydroxylation is 3. The molecule has 4 rings (SSSR count). The number of para-hydroxylation sites is 1. The number of fused-ring (bicyclic) bond motifs is 3. The van der Waals surface area contributed by atoms with Gasteiger partial charge in [-0.05, 0) is 31.0 Å². The second-order valence-corrected chi connectivity index (χ2v) is 6.79. The molecule has 118 valence electrons. The van der Waals surface area contributed by atoms with Crippen LogP contribution >= 0.6 is 0 Å². The summed E-state index contributed by atoms with van der Waals surface area (Å²) >= 11 is 0. The Balaban J connectivity index is 1.70. The van der Waals surface area contributed by atoms with Crippen LogP contribution in [0.3, 0.4) is 0 Å². The summed E-state index contributed by atoms with van der Waals surface area (Å²) in [4.78, 5) is 6.04. The molecule has 3 heterocycles. The van der Waals surface area contributed by atoms with Crippen LogP contribution < -0.4 is 4.90 Å². The van der Waals surface area contributed by atoms with Gasteiger partial charge in [0.1, 0.15) is 6.54 Å². The molecule has 0 radical (unpaired) electrons. The topological polar surface area (TPSA) is 22.3 Å². The number of benzene rings is 1. The molecule has 3 nitrogen and oxygen atoms in total. The van der Waals surface area contributed by atoms with E-state index >= 15 is 0 Å². The first kappa shape index (κ1) is 14.5. The predicted octanol–water partition coefficient (Wildman–Crippen LogP) is 2.16. The summed E-state index contributed by atoms with van der Waals surface area (Å²) in [6.07, 6.45) is 4.24. The molecular formula is C20H24N3+. The van der Waals surface area contributed by atoms with Gasteiger partial charge in [-0.2, -0.15) is 0 Å². The summed E-state index contributed by atoms with van der Waals surface area (Å²) in [6.45, 7) is 5.46. The van der Waals surface area contributed by atoms with E-state index < -0.39 is 0 Å². The molecule has 3 aromatic rings. The zero-order valence-corrected chi connectivity index (χ0v) is 14.0. The van der Waals surface area contributed by atoms with Gasteiger partial charge in [0.25, 0.3) is 0 Å². The Bertz CT molecular complexity index is 830. The van der Waals surface area contributed by atoms with Crippen LogP contribution in [0.1, 0.15) is 22.5 Å². The van der Waals surface area contributed by atoms with Crippen molar-refractivity contribution in [3.63, 3.8) is 0 Å². The quantitative estimate of drug-likeness (QED) is 0.787. The smallest absolute Gasteiger partial charge is 0.105 e. The molecule has 1 aliphatic rings. The van der Waals surface area contributed by atoms with Crippen molar-refractivity contribution in [3.8, 4) is 0 Å². The average Bonchev–Trinajstić information content (AvgIpc) is 2.88. The van der Waals surface area contributed by atoms with E-state index in [4.69, 9.17) is 0 Å². The fourth-order valence-corrected chi connectivity index (χ4v) is 3.78. The van der Waals surface area contributed by atoms with Gasteiger partial charge < -0.3 is 9.47 Å². The van der Waals surface area contributed by atoms with Crippen LogP contribution in [0.2, 0.25) is 0 Å². The molecule has 1 N–H and O–H groups in total. The molecule has 0 fully saturated rings. The van der Waals surface area contributed by atoms with Crippen molar-refractivity contribution in [2.45, 2.75) is 32.9 Å². The van der Waals surface area contributed by atoms with E-state index in [1.54, 1.807) is 16.2 Å². The number of hydrogen-bond donors (Lipinski definition) is 1. The van der Waals surface area contributed by atoms with Crippen LogP contribution in [0.4, 0.5) is 0 Å². The van der Waals surface area contributed by atoms with Gasteiger partial charge >= 0.3 is 0 Å². The Morgan fingerprint density at radius 1 is 1.17 bits per heavy atom. The number of nitrogens with one attached hydrogen (secondary N) is 1. The molecule has 0 saturated heterocycles. The van der Waals surface area contributed by atoms with E-state index in [0.717, 1.165) is 25.2 Å². The Labute approximate surface area is 137 Å². The molecule has 0 aliphatic carbocycles. The molecule has 23 heavy (non-hydrogen) atoms. The zero-order chi connectivity index (χ0) is 15.8. The van der Waals surface area contributed by atoms with E-state index in [2.05, 4.69) is 53.0 Å². The van der Waals surface area contributed by atoms with E-state index in [-0.39, 0.29) is 0 Å². The molecular weight excluding hydrogens is 282 g/mol. The van der Waals surface area contributed by atoms with Crippen LogP contribution in [0.25, 0.3) is 10.9 Å². The van der Waals surface area contributed by atoms with Crippen molar-refractivity contribution in [1.82, 2.24) is 9.55 Å². The van der Waals surface area contributed by atoms with Crippen LogP contribution in [0.15, 0.2) is 42.6 Å². The maximum Gasteiger partial charge on any atom is 0.105 e. The fraction of sp³-hybridized carbons (Fsp3) is 0.350. The van der Waals surface area contributed by atoms with Crippen molar-refractivity contribution in [2.24, 2.45) is 0 Å². The van der Waals surface area contributed by atoms with Crippen molar-refractivity contribution < 1.29 is 4.90 Å². The second kappa shape index (κ2) is 5.82. The van der Waals surface area contributed by atoms with Crippen molar-refractivity contribution in [3.05, 3.63) is 65.1 Å². The summed E-state index contributed by atoms with van der Waals surface area (Å²) in [5, 5.41) is 1.45. The summed E-state index contributed by atoms with van der Waals surface area (Å²) in [7, 11) is 2.30. The summed E-state index contributed by atoms with van der Waals surface area (Å²) in [5.74, 6) is 0. The molecule has 1 atom stereocenters. The lowest BCUT2D eigenvalue weighted by Crippen LogP contribution is -3.08. The first-order chi connectivity index (χ1) is 11.2. The third kappa shape index (κ3) is 2.66. The maximum atomic E-state index is 4.43. The highest BCUT2D eigenvalue weighted by Crippen LogP contribution is 2.27. The van der Waals surface area contributed by atoms with Crippen molar-refractivity contribution in [1.29, 1.82) is 0 Å². The van der Waals surface area contributed by atoms with Gasteiger partial charge in [-0.25, -0.2) is 0 Å². The second-order valence-electron chi connectivity index (χ2n) is 6.79. The molecule has 1 aromatic carbocycles. The molecule has 1 aliphatic heterocycles. The lowest BCUT2D eigenvalue weighted by molar-refractivity contribution is -0.895. The van der Waals surface area contributed by atoms with Crippen molar-refractivity contribution >= 4 is 10.9 Å². The van der Waals surface area contributed by atoms with Gasteiger partial charge in [-0.3, -0.25) is 4.98 Å². The van der Waals surface area contributed by atoms with Crippen LogP contribution in [0, 0.1) is 6.92 Å². The van der Waals surface area contributed by atoms with Gasteiger partial charge in [0.2, 0.25) is 0 Å². The molecule has 1 unspecified atom stereocenters. The number of pyridine rings is 1. The zero-order valence-electron chi connectivity index (χ0n) is 14.0. The Morgan fingerprint density at radius 2 is 2.04 bits per heavy atom. The number of aromatic nitrogens is 2. The molecule has 2 aromatic heterocycles. The number of hydrogen-bond acceptors (Lipinski definition) is 1. The Hall–Kier alpha value is -2.13. The first-order valence-corrected chi connectivity index (χ1v) is 8.54. The number of likely N-dealkylation sites (N-methyl/N-ethyl adjacent to an activating group) is 1. The van der Waals surface area contributed by atoms with Crippen LogP contribution in [0.5, 0.6) is 0 Å². The highest BCUT2D eigenvalue weighted by Gasteiger charge is 2.24. The number of quaternary nitrogens is 1. The van der Waals surface area contributed by atoms with Gasteiger partial charge in [0.15, 0.2) is 0 Å². The molecule has 3 heteroatoms. The normalized spacial score (nSPS) is 17.4. The van der Waals surface area contributed by atoms with Crippen molar-refractivity contribution in [2.75, 3.05) is 13.6 Å². The van der Waals surface area contributed by atoms with E-state index in [9.17, 15) is 0 Å². The number of rotatable bonds is 3. The Morgan fingerprint density at radius 3 is 2.87 bits per heavy atom. The molecule has 0 saturated carbocycles. The van der Waals surface area contributed by atoms with Gasteiger partial charge in [0.05, 0.1) is 13.6 Å². The molecule has 0 bridgehead atoms. The minimum atomic E-state index is 1.04. The third-order valence-corrected chi connectivity index (χ3v) is 5.06. The van der Waals surface area contributed by atoms with Gasteiger partial charge in [0, 0.05) is 47.0 Å².